The van der Waals surface area contributed by atoms with E-state index in [0.29, 0.717) is 26.9 Å². The molecule has 142 valence electrons. The lowest BCUT2D eigenvalue weighted by molar-refractivity contribution is -0.140. The van der Waals surface area contributed by atoms with Crippen LogP contribution in [0.5, 0.6) is 0 Å². The van der Waals surface area contributed by atoms with Crippen molar-refractivity contribution in [3.05, 3.63) is 45.1 Å². The van der Waals surface area contributed by atoms with E-state index in [1.165, 1.54) is 12.0 Å². The first-order chi connectivity index (χ1) is 12.3. The molecule has 0 aromatic heterocycles. The number of methoxy groups -OCH3 is 1. The van der Waals surface area contributed by atoms with Crippen molar-refractivity contribution >= 4 is 35.2 Å². The molecule has 1 aromatic rings. The molecule has 1 aromatic carbocycles. The summed E-state index contributed by atoms with van der Waals surface area (Å²) in [6, 6.07) is 3.77. The fraction of sp³-hybridized carbons (Fsp3) is 0.444. The van der Waals surface area contributed by atoms with E-state index in [4.69, 9.17) is 32.7 Å². The second-order valence-electron chi connectivity index (χ2n) is 6.14. The number of hydrogen-bond acceptors (Lipinski definition) is 4. The maximum Gasteiger partial charge on any atom is 0.338 e. The van der Waals surface area contributed by atoms with Crippen LogP contribution in [0.3, 0.4) is 0 Å². The third kappa shape index (κ3) is 4.31. The highest BCUT2D eigenvalue weighted by molar-refractivity contribution is 6.35. The lowest BCUT2D eigenvalue weighted by Gasteiger charge is -2.37. The summed E-state index contributed by atoms with van der Waals surface area (Å²) in [5.74, 6) is -0.527. The van der Waals surface area contributed by atoms with Gasteiger partial charge in [-0.05, 0) is 38.5 Å². The molecule has 0 saturated heterocycles. The van der Waals surface area contributed by atoms with E-state index in [-0.39, 0.29) is 25.3 Å². The molecular weight excluding hydrogens is 379 g/mol. The van der Waals surface area contributed by atoms with Gasteiger partial charge in [0.1, 0.15) is 6.61 Å². The largest absolute Gasteiger partial charge is 0.460 e. The average Bonchev–Trinajstić information content (AvgIpc) is 2.54. The quantitative estimate of drug-likeness (QED) is 0.579. The van der Waals surface area contributed by atoms with Crippen LogP contribution in [0.1, 0.15) is 32.4 Å². The number of carbonyl (C=O) groups excluding carboxylic acids is 2. The van der Waals surface area contributed by atoms with Gasteiger partial charge in [0.05, 0.1) is 18.2 Å². The summed E-state index contributed by atoms with van der Waals surface area (Å²) >= 11 is 12.3. The molecule has 26 heavy (non-hydrogen) atoms. The summed E-state index contributed by atoms with van der Waals surface area (Å²) in [5.41, 5.74) is 1.44. The van der Waals surface area contributed by atoms with E-state index in [1.54, 1.807) is 25.1 Å². The van der Waals surface area contributed by atoms with Gasteiger partial charge in [-0.2, -0.15) is 0 Å². The van der Waals surface area contributed by atoms with Gasteiger partial charge >= 0.3 is 12.0 Å². The first-order valence-electron chi connectivity index (χ1n) is 8.19. The number of rotatable bonds is 6. The van der Waals surface area contributed by atoms with Crippen LogP contribution in [0.2, 0.25) is 10.0 Å². The molecule has 1 heterocycles. The molecule has 1 aliphatic heterocycles. The maximum absolute atomic E-state index is 12.7. The SMILES string of the molecule is COCCOC(=O)C1=C(C)N(C(C)C)C(=O)N[C@@H]1c1ccc(Cl)cc1Cl. The normalized spacial score (nSPS) is 17.6. The van der Waals surface area contributed by atoms with Crippen molar-refractivity contribution in [3.63, 3.8) is 0 Å². The molecule has 0 saturated carbocycles. The van der Waals surface area contributed by atoms with Gasteiger partial charge in [0.25, 0.3) is 0 Å². The van der Waals surface area contributed by atoms with Crippen molar-refractivity contribution in [2.24, 2.45) is 0 Å². The smallest absolute Gasteiger partial charge is 0.338 e. The molecule has 0 bridgehead atoms. The van der Waals surface area contributed by atoms with Gasteiger partial charge in [0.15, 0.2) is 0 Å². The summed E-state index contributed by atoms with van der Waals surface area (Å²) in [6.07, 6.45) is 0. The van der Waals surface area contributed by atoms with Gasteiger partial charge in [0.2, 0.25) is 0 Å². The summed E-state index contributed by atoms with van der Waals surface area (Å²) in [5, 5.41) is 3.67. The number of nitrogens with zero attached hydrogens (tertiary/aromatic N) is 1. The predicted octanol–water partition coefficient (Wildman–Crippen LogP) is 3.93. The molecule has 0 aliphatic carbocycles. The Morgan fingerprint density at radius 3 is 2.58 bits per heavy atom. The van der Waals surface area contributed by atoms with E-state index >= 15 is 0 Å². The average molecular weight is 401 g/mol. The Bertz CT molecular complexity index is 734. The van der Waals surface area contributed by atoms with E-state index < -0.39 is 12.0 Å². The zero-order valence-corrected chi connectivity index (χ0v) is 16.6. The highest BCUT2D eigenvalue weighted by atomic mass is 35.5. The Morgan fingerprint density at radius 2 is 2.00 bits per heavy atom. The molecular formula is C18H22Cl2N2O4. The zero-order chi connectivity index (χ0) is 19.4. The topological polar surface area (TPSA) is 67.9 Å². The minimum Gasteiger partial charge on any atom is -0.460 e. The third-order valence-electron chi connectivity index (χ3n) is 4.06. The van der Waals surface area contributed by atoms with Gasteiger partial charge in [0, 0.05) is 28.9 Å². The number of nitrogens with one attached hydrogen (secondary N) is 1. The molecule has 1 atom stereocenters. The van der Waals surface area contributed by atoms with Crippen LogP contribution in [-0.4, -0.2) is 43.3 Å². The molecule has 0 unspecified atom stereocenters. The summed E-state index contributed by atoms with van der Waals surface area (Å²) in [7, 11) is 1.52. The van der Waals surface area contributed by atoms with E-state index in [2.05, 4.69) is 5.32 Å². The number of allylic oxidation sites excluding steroid dienone is 1. The molecule has 0 radical (unpaired) electrons. The van der Waals surface area contributed by atoms with Crippen LogP contribution in [-0.2, 0) is 14.3 Å². The highest BCUT2D eigenvalue weighted by Gasteiger charge is 2.38. The van der Waals surface area contributed by atoms with Crippen LogP contribution in [0, 0.1) is 0 Å². The first kappa shape index (κ1) is 20.6. The Hall–Kier alpha value is -1.76. The molecule has 1 aliphatic rings. The van der Waals surface area contributed by atoms with Crippen LogP contribution in [0.15, 0.2) is 29.5 Å². The standard InChI is InChI=1S/C18H22Cl2N2O4/c1-10(2)22-11(3)15(17(23)26-8-7-25-4)16(21-18(22)24)13-6-5-12(19)9-14(13)20/h5-6,9-10,16H,7-8H2,1-4H3,(H,21,24)/t16-/m1/s1. The Balaban J connectivity index is 2.50. The minimum absolute atomic E-state index is 0.114. The van der Waals surface area contributed by atoms with Gasteiger partial charge < -0.3 is 14.8 Å². The van der Waals surface area contributed by atoms with Crippen LogP contribution in [0.25, 0.3) is 0 Å². The Labute approximate surface area is 163 Å². The number of ether oxygens (including phenoxy) is 2. The maximum atomic E-state index is 12.7. The second kappa shape index (κ2) is 8.75. The van der Waals surface area contributed by atoms with Crippen molar-refractivity contribution in [3.8, 4) is 0 Å². The molecule has 1 N–H and O–H groups in total. The molecule has 2 amide bonds. The van der Waals surface area contributed by atoms with Crippen LogP contribution >= 0.6 is 23.2 Å². The first-order valence-corrected chi connectivity index (χ1v) is 8.95. The van der Waals surface area contributed by atoms with Crippen molar-refractivity contribution in [1.82, 2.24) is 10.2 Å². The van der Waals surface area contributed by atoms with Gasteiger partial charge in [-0.15, -0.1) is 0 Å². The van der Waals surface area contributed by atoms with E-state index in [9.17, 15) is 9.59 Å². The fourth-order valence-electron chi connectivity index (χ4n) is 2.91. The molecule has 6 nitrogen and oxygen atoms in total. The van der Waals surface area contributed by atoms with Gasteiger partial charge in [-0.25, -0.2) is 9.59 Å². The number of carbonyl (C=O) groups is 2. The Kier molecular flexibility index (Phi) is 6.92. The van der Waals surface area contributed by atoms with Gasteiger partial charge in [-0.3, -0.25) is 4.90 Å². The van der Waals surface area contributed by atoms with Crippen molar-refractivity contribution in [1.29, 1.82) is 0 Å². The second-order valence-corrected chi connectivity index (χ2v) is 6.98. The monoisotopic (exact) mass is 400 g/mol. The molecule has 0 fully saturated rings. The molecule has 8 heteroatoms. The summed E-state index contributed by atoms with van der Waals surface area (Å²) in [6.45, 7) is 5.86. The molecule has 2 rings (SSSR count). The molecule has 0 spiro atoms. The van der Waals surface area contributed by atoms with Crippen molar-refractivity contribution in [2.45, 2.75) is 32.9 Å². The number of benzene rings is 1. The summed E-state index contributed by atoms with van der Waals surface area (Å²) < 4.78 is 10.2. The van der Waals surface area contributed by atoms with E-state index in [0.717, 1.165) is 0 Å². The zero-order valence-electron chi connectivity index (χ0n) is 15.1. The highest BCUT2D eigenvalue weighted by Crippen LogP contribution is 2.36. The van der Waals surface area contributed by atoms with Crippen molar-refractivity contribution in [2.75, 3.05) is 20.3 Å². The van der Waals surface area contributed by atoms with E-state index in [1.807, 2.05) is 13.8 Å². The lowest BCUT2D eigenvalue weighted by atomic mass is 9.94. The summed E-state index contributed by atoms with van der Waals surface area (Å²) in [4.78, 5) is 26.8. The van der Waals surface area contributed by atoms with Crippen molar-refractivity contribution < 1.29 is 19.1 Å². The number of amides is 2. The fourth-order valence-corrected chi connectivity index (χ4v) is 3.43. The van der Waals surface area contributed by atoms with Gasteiger partial charge in [-0.1, -0.05) is 29.3 Å². The lowest BCUT2D eigenvalue weighted by Crippen LogP contribution is -2.50. The van der Waals surface area contributed by atoms with Crippen LogP contribution in [0.4, 0.5) is 4.79 Å². The Morgan fingerprint density at radius 1 is 1.31 bits per heavy atom. The number of hydrogen-bond donors (Lipinski definition) is 1. The number of esters is 1. The van der Waals surface area contributed by atoms with Crippen LogP contribution < -0.4 is 5.32 Å². The predicted molar refractivity (Wildman–Crippen MR) is 100 cm³/mol. The minimum atomic E-state index is -0.725. The number of urea groups is 1. The third-order valence-corrected chi connectivity index (χ3v) is 4.62. The number of halogens is 2.